The van der Waals surface area contributed by atoms with E-state index >= 15 is 0 Å². The van der Waals surface area contributed by atoms with Gasteiger partial charge in [0.15, 0.2) is 0 Å². The molecule has 0 bridgehead atoms. The van der Waals surface area contributed by atoms with Gasteiger partial charge in [0, 0.05) is 19.0 Å². The summed E-state index contributed by atoms with van der Waals surface area (Å²) in [5.41, 5.74) is 6.32. The van der Waals surface area contributed by atoms with E-state index in [9.17, 15) is 4.79 Å². The van der Waals surface area contributed by atoms with Gasteiger partial charge in [-0.25, -0.2) is 10.5 Å². The van der Waals surface area contributed by atoms with Crippen LogP contribution in [0.3, 0.4) is 0 Å². The zero-order valence-electron chi connectivity index (χ0n) is 15.3. The van der Waals surface area contributed by atoms with Gasteiger partial charge in [-0.3, -0.25) is 9.63 Å². The number of hydrogen-bond donors (Lipinski definition) is 2. The summed E-state index contributed by atoms with van der Waals surface area (Å²) in [5.74, 6) is 0.566. The molecular weight excluding hydrogens is 372 g/mol. The first kappa shape index (κ1) is 20.4. The molecule has 1 aromatic heterocycles. The third-order valence-electron chi connectivity index (χ3n) is 3.51. The van der Waals surface area contributed by atoms with Crippen molar-refractivity contribution in [3.63, 3.8) is 0 Å². The first-order valence-electron chi connectivity index (χ1n) is 8.28. The molecule has 0 unspecified atom stereocenters. The Balaban J connectivity index is 2.39. The Kier molecular flexibility index (Phi) is 7.56. The number of nitrogens with zero attached hydrogens (tertiary/aromatic N) is 2. The lowest BCUT2D eigenvalue weighted by Crippen LogP contribution is -2.24. The Morgan fingerprint density at radius 2 is 2.08 bits per heavy atom. The molecule has 26 heavy (non-hydrogen) atoms. The number of benzene rings is 1. The normalized spacial score (nSPS) is 10.5. The van der Waals surface area contributed by atoms with Crippen LogP contribution in [-0.2, 0) is 4.84 Å². The van der Waals surface area contributed by atoms with Crippen LogP contribution in [0.25, 0.3) is 0 Å². The summed E-state index contributed by atoms with van der Waals surface area (Å²) in [4.78, 5) is 21.3. The summed E-state index contributed by atoms with van der Waals surface area (Å²) in [5, 5.41) is 3.61. The third kappa shape index (κ3) is 5.27. The van der Waals surface area contributed by atoms with Crippen molar-refractivity contribution >= 4 is 46.5 Å². The quantitative estimate of drug-likeness (QED) is 0.388. The molecule has 140 valence electrons. The average molecular weight is 395 g/mol. The Morgan fingerprint density at radius 1 is 1.31 bits per heavy atom. The minimum atomic E-state index is -0.386. The Bertz CT molecular complexity index is 773. The molecule has 0 aliphatic rings. The lowest BCUT2D eigenvalue weighted by atomic mass is 10.1. The molecule has 0 radical (unpaired) electrons. The largest absolute Gasteiger partial charge is 0.353 e. The molecule has 6 nitrogen and oxygen atoms in total. The molecule has 1 aromatic carbocycles. The predicted octanol–water partition coefficient (Wildman–Crippen LogP) is 4.57. The highest BCUT2D eigenvalue weighted by Gasteiger charge is 2.16. The molecule has 8 heteroatoms. The van der Waals surface area contributed by atoms with Crippen molar-refractivity contribution in [1.29, 1.82) is 0 Å². The van der Waals surface area contributed by atoms with Crippen LogP contribution < -0.4 is 15.1 Å². The van der Waals surface area contributed by atoms with E-state index < -0.39 is 0 Å². The van der Waals surface area contributed by atoms with Gasteiger partial charge < -0.3 is 9.62 Å². The number of anilines is 3. The molecule has 1 amide bonds. The fourth-order valence-electron chi connectivity index (χ4n) is 2.32. The van der Waals surface area contributed by atoms with Crippen LogP contribution in [0.15, 0.2) is 30.5 Å². The smallest absolute Gasteiger partial charge is 0.278 e. The van der Waals surface area contributed by atoms with E-state index in [2.05, 4.69) is 33.1 Å². The SMILES string of the molecule is CCONC(=O)c1cnc(Cl)cc1Nc1ccc(C)cc1N(C)SCC. The average Bonchev–Trinajstić information content (AvgIpc) is 2.61. The van der Waals surface area contributed by atoms with Crippen molar-refractivity contribution in [2.45, 2.75) is 20.8 Å². The summed E-state index contributed by atoms with van der Waals surface area (Å²) in [6, 6.07) is 7.71. The highest BCUT2D eigenvalue weighted by molar-refractivity contribution is 8.00. The fourth-order valence-corrected chi connectivity index (χ4v) is 3.16. The Morgan fingerprint density at radius 3 is 2.77 bits per heavy atom. The van der Waals surface area contributed by atoms with Crippen LogP contribution in [0.5, 0.6) is 0 Å². The molecule has 0 aliphatic heterocycles. The molecule has 0 spiro atoms. The zero-order valence-corrected chi connectivity index (χ0v) is 16.9. The van der Waals surface area contributed by atoms with Gasteiger partial charge in [-0.2, -0.15) is 0 Å². The lowest BCUT2D eigenvalue weighted by molar-refractivity contribution is 0.0365. The number of nitrogens with one attached hydrogen (secondary N) is 2. The molecule has 2 N–H and O–H groups in total. The number of pyridine rings is 1. The van der Waals surface area contributed by atoms with Crippen LogP contribution in [0, 0.1) is 6.92 Å². The van der Waals surface area contributed by atoms with Gasteiger partial charge >= 0.3 is 0 Å². The predicted molar refractivity (Wildman–Crippen MR) is 109 cm³/mol. The second-order valence-corrected chi connectivity index (χ2v) is 7.25. The number of halogens is 1. The van der Waals surface area contributed by atoms with E-state index in [-0.39, 0.29) is 5.91 Å². The van der Waals surface area contributed by atoms with Crippen LogP contribution in [0.4, 0.5) is 17.1 Å². The second kappa shape index (κ2) is 9.66. The number of carbonyl (C=O) groups is 1. The number of aryl methyl sites for hydroxylation is 1. The van der Waals surface area contributed by atoms with Gasteiger partial charge in [-0.1, -0.05) is 36.5 Å². The molecule has 0 saturated carbocycles. The van der Waals surface area contributed by atoms with E-state index in [1.165, 1.54) is 6.20 Å². The minimum absolute atomic E-state index is 0.297. The van der Waals surface area contributed by atoms with Crippen LogP contribution in [0.2, 0.25) is 5.15 Å². The fraction of sp³-hybridized carbons (Fsp3) is 0.333. The van der Waals surface area contributed by atoms with E-state index in [1.54, 1.807) is 24.9 Å². The van der Waals surface area contributed by atoms with Gasteiger partial charge in [0.25, 0.3) is 5.91 Å². The van der Waals surface area contributed by atoms with Crippen LogP contribution >= 0.6 is 23.5 Å². The van der Waals surface area contributed by atoms with Crippen molar-refractivity contribution in [2.75, 3.05) is 29.0 Å². The standard InChI is InChI=1S/C18H23ClN4O2S/c1-5-25-22-18(24)13-11-20-17(19)10-15(13)21-14-8-7-12(3)9-16(14)23(4)26-6-2/h7-11H,5-6H2,1-4H3,(H,20,21)(H,22,24). The summed E-state index contributed by atoms with van der Waals surface area (Å²) >= 11 is 7.74. The maximum absolute atomic E-state index is 12.3. The topological polar surface area (TPSA) is 66.5 Å². The zero-order chi connectivity index (χ0) is 19.1. The van der Waals surface area contributed by atoms with Crippen LogP contribution in [-0.4, -0.2) is 30.3 Å². The number of aromatic nitrogens is 1. The molecule has 2 rings (SSSR count). The molecule has 0 saturated heterocycles. The number of carbonyl (C=O) groups excluding carboxylic acids is 1. The van der Waals surface area contributed by atoms with Gasteiger partial charge in [0.05, 0.1) is 29.2 Å². The van der Waals surface area contributed by atoms with E-state index in [0.29, 0.717) is 23.0 Å². The molecular formula is C18H23ClN4O2S. The first-order valence-corrected chi connectivity index (χ1v) is 9.60. The van der Waals surface area contributed by atoms with Crippen LogP contribution in [0.1, 0.15) is 29.8 Å². The Labute approximate surface area is 163 Å². The molecule has 2 aromatic rings. The summed E-state index contributed by atoms with van der Waals surface area (Å²) < 4.78 is 2.10. The molecule has 0 atom stereocenters. The van der Waals surface area contributed by atoms with Gasteiger partial charge in [-0.15, -0.1) is 0 Å². The number of amides is 1. The number of hydrogen-bond acceptors (Lipinski definition) is 6. The molecule has 0 aliphatic carbocycles. The van der Waals surface area contributed by atoms with Crippen molar-refractivity contribution in [3.8, 4) is 0 Å². The highest BCUT2D eigenvalue weighted by Crippen LogP contribution is 2.34. The maximum Gasteiger partial charge on any atom is 0.278 e. The van der Waals surface area contributed by atoms with Gasteiger partial charge in [0.1, 0.15) is 5.15 Å². The van der Waals surface area contributed by atoms with E-state index in [4.69, 9.17) is 16.4 Å². The van der Waals surface area contributed by atoms with Crippen molar-refractivity contribution < 1.29 is 9.63 Å². The maximum atomic E-state index is 12.3. The number of rotatable bonds is 8. The third-order valence-corrected chi connectivity index (χ3v) is 4.56. The number of hydroxylamine groups is 1. The van der Waals surface area contributed by atoms with Gasteiger partial charge in [-0.05, 0) is 37.6 Å². The summed E-state index contributed by atoms with van der Waals surface area (Å²) in [6.07, 6.45) is 1.43. The van der Waals surface area contributed by atoms with Crippen molar-refractivity contribution in [2.24, 2.45) is 0 Å². The van der Waals surface area contributed by atoms with E-state index in [1.807, 2.05) is 26.1 Å². The monoisotopic (exact) mass is 394 g/mol. The highest BCUT2D eigenvalue weighted by atomic mass is 35.5. The summed E-state index contributed by atoms with van der Waals surface area (Å²) in [6.45, 7) is 6.31. The molecule has 1 heterocycles. The van der Waals surface area contributed by atoms with Gasteiger partial charge in [0.2, 0.25) is 0 Å². The van der Waals surface area contributed by atoms with E-state index in [0.717, 1.165) is 22.7 Å². The van der Waals surface area contributed by atoms with Crippen molar-refractivity contribution in [3.05, 3.63) is 46.7 Å². The lowest BCUT2D eigenvalue weighted by Gasteiger charge is -2.22. The minimum Gasteiger partial charge on any atom is -0.353 e. The molecule has 0 fully saturated rings. The summed E-state index contributed by atoms with van der Waals surface area (Å²) in [7, 11) is 2.01. The van der Waals surface area contributed by atoms with Crippen molar-refractivity contribution in [1.82, 2.24) is 10.5 Å². The Hall–Kier alpha value is -1.96. The first-order chi connectivity index (χ1) is 12.5. The second-order valence-electron chi connectivity index (χ2n) is 5.48.